The molecular formula is C12H23N3O3. The monoisotopic (exact) mass is 257 g/mol. The third-order valence-electron chi connectivity index (χ3n) is 3.00. The average Bonchev–Trinajstić information content (AvgIpc) is 2.88. The van der Waals surface area contributed by atoms with Gasteiger partial charge in [-0.3, -0.25) is 0 Å². The normalized spacial score (nSPS) is 16.5. The molecule has 2 atom stereocenters. The van der Waals surface area contributed by atoms with E-state index >= 15 is 0 Å². The molecule has 0 aliphatic rings. The van der Waals surface area contributed by atoms with Crippen molar-refractivity contribution in [2.24, 2.45) is 5.73 Å². The summed E-state index contributed by atoms with van der Waals surface area (Å²) in [6, 6.07) is -0.369. The van der Waals surface area contributed by atoms with Crippen LogP contribution < -0.4 is 5.73 Å². The van der Waals surface area contributed by atoms with E-state index in [1.807, 2.05) is 20.8 Å². The number of hydrogen-bond acceptors (Lipinski definition) is 6. The summed E-state index contributed by atoms with van der Waals surface area (Å²) in [6.07, 6.45) is 1.70. The molecule has 1 aromatic rings. The highest BCUT2D eigenvalue weighted by molar-refractivity contribution is 5.00. The predicted octanol–water partition coefficient (Wildman–Crippen LogP) is 1.77. The third kappa shape index (κ3) is 3.51. The standard InChI is InChI=1S/C12H23N3O3/c1-5-7-17-8-9(13)10-14-11(18-15-10)12(3,6-2)16-4/h9H,5-8,13H2,1-4H3. The van der Waals surface area contributed by atoms with E-state index in [9.17, 15) is 0 Å². The molecular weight excluding hydrogens is 234 g/mol. The SMILES string of the molecule is CCCOCC(N)c1noc(C(C)(CC)OC)n1. The molecule has 0 amide bonds. The predicted molar refractivity (Wildman–Crippen MR) is 67.0 cm³/mol. The molecule has 1 heterocycles. The Morgan fingerprint density at radius 1 is 1.44 bits per heavy atom. The van der Waals surface area contributed by atoms with Gasteiger partial charge in [-0.15, -0.1) is 0 Å². The molecule has 0 aromatic carbocycles. The molecule has 0 bridgehead atoms. The summed E-state index contributed by atoms with van der Waals surface area (Å²) in [5.74, 6) is 0.909. The fourth-order valence-electron chi connectivity index (χ4n) is 1.41. The van der Waals surface area contributed by atoms with Gasteiger partial charge in [0.05, 0.1) is 12.6 Å². The van der Waals surface area contributed by atoms with Crippen LogP contribution in [-0.4, -0.2) is 30.5 Å². The molecule has 104 valence electrons. The van der Waals surface area contributed by atoms with Crippen molar-refractivity contribution in [1.82, 2.24) is 10.1 Å². The average molecular weight is 257 g/mol. The van der Waals surface area contributed by atoms with E-state index in [1.54, 1.807) is 7.11 Å². The van der Waals surface area contributed by atoms with Gasteiger partial charge in [-0.2, -0.15) is 4.98 Å². The number of rotatable bonds is 8. The summed E-state index contributed by atoms with van der Waals surface area (Å²) >= 11 is 0. The van der Waals surface area contributed by atoms with Gasteiger partial charge in [0.1, 0.15) is 5.60 Å². The van der Waals surface area contributed by atoms with Crippen LogP contribution in [0.4, 0.5) is 0 Å². The van der Waals surface area contributed by atoms with Crippen molar-refractivity contribution in [3.05, 3.63) is 11.7 Å². The van der Waals surface area contributed by atoms with Crippen LogP contribution in [0.3, 0.4) is 0 Å². The minimum atomic E-state index is -0.560. The number of nitrogens with zero attached hydrogens (tertiary/aromatic N) is 2. The quantitative estimate of drug-likeness (QED) is 0.714. The summed E-state index contributed by atoms with van der Waals surface area (Å²) in [7, 11) is 1.62. The van der Waals surface area contributed by atoms with Gasteiger partial charge in [-0.1, -0.05) is 19.0 Å². The summed E-state index contributed by atoms with van der Waals surface area (Å²) in [5, 5.41) is 3.89. The number of nitrogens with two attached hydrogens (primary N) is 1. The zero-order chi connectivity index (χ0) is 13.6. The first kappa shape index (κ1) is 15.1. The maximum atomic E-state index is 5.92. The molecule has 1 aromatic heterocycles. The Morgan fingerprint density at radius 3 is 2.72 bits per heavy atom. The summed E-state index contributed by atoms with van der Waals surface area (Å²) in [4.78, 5) is 4.29. The van der Waals surface area contributed by atoms with E-state index in [4.69, 9.17) is 19.7 Å². The molecule has 0 saturated carbocycles. The van der Waals surface area contributed by atoms with Crippen molar-refractivity contribution >= 4 is 0 Å². The molecule has 0 aliphatic carbocycles. The molecule has 0 spiro atoms. The van der Waals surface area contributed by atoms with Gasteiger partial charge in [-0.05, 0) is 19.8 Å². The summed E-state index contributed by atoms with van der Waals surface area (Å²) in [5.41, 5.74) is 5.36. The van der Waals surface area contributed by atoms with E-state index in [-0.39, 0.29) is 6.04 Å². The van der Waals surface area contributed by atoms with E-state index in [1.165, 1.54) is 0 Å². The lowest BCUT2D eigenvalue weighted by atomic mass is 10.0. The lowest BCUT2D eigenvalue weighted by Crippen LogP contribution is -2.24. The molecule has 0 saturated heterocycles. The number of methoxy groups -OCH3 is 1. The van der Waals surface area contributed by atoms with Crippen molar-refractivity contribution in [2.75, 3.05) is 20.3 Å². The molecule has 6 heteroatoms. The summed E-state index contributed by atoms with van der Waals surface area (Å²) < 4.78 is 16.0. The topological polar surface area (TPSA) is 83.4 Å². The van der Waals surface area contributed by atoms with Crippen molar-refractivity contribution in [1.29, 1.82) is 0 Å². The van der Waals surface area contributed by atoms with Gasteiger partial charge in [-0.25, -0.2) is 0 Å². The Labute approximate surface area is 108 Å². The first-order valence-electron chi connectivity index (χ1n) is 6.30. The number of aromatic nitrogens is 2. The molecule has 0 radical (unpaired) electrons. The van der Waals surface area contributed by atoms with Gasteiger partial charge in [0.15, 0.2) is 5.82 Å². The van der Waals surface area contributed by atoms with Gasteiger partial charge in [0.2, 0.25) is 0 Å². The van der Waals surface area contributed by atoms with E-state index < -0.39 is 5.60 Å². The van der Waals surface area contributed by atoms with Crippen LogP contribution in [0.5, 0.6) is 0 Å². The van der Waals surface area contributed by atoms with Crippen LogP contribution >= 0.6 is 0 Å². The number of hydrogen-bond donors (Lipinski definition) is 1. The van der Waals surface area contributed by atoms with Gasteiger partial charge < -0.3 is 19.7 Å². The summed E-state index contributed by atoms with van der Waals surface area (Å²) in [6.45, 7) is 7.02. The second kappa shape index (κ2) is 6.82. The Morgan fingerprint density at radius 2 is 2.17 bits per heavy atom. The van der Waals surface area contributed by atoms with E-state index in [2.05, 4.69) is 10.1 Å². The molecule has 18 heavy (non-hydrogen) atoms. The highest BCUT2D eigenvalue weighted by Gasteiger charge is 2.31. The van der Waals surface area contributed by atoms with Crippen LogP contribution in [-0.2, 0) is 15.1 Å². The largest absolute Gasteiger partial charge is 0.379 e. The first-order chi connectivity index (χ1) is 8.57. The lowest BCUT2D eigenvalue weighted by molar-refractivity contribution is -0.0272. The van der Waals surface area contributed by atoms with Crippen LogP contribution in [0.1, 0.15) is 51.4 Å². The lowest BCUT2D eigenvalue weighted by Gasteiger charge is -2.21. The second-order valence-electron chi connectivity index (χ2n) is 4.43. The Balaban J connectivity index is 2.67. The Bertz CT molecular complexity index is 350. The molecule has 6 nitrogen and oxygen atoms in total. The molecule has 2 N–H and O–H groups in total. The van der Waals surface area contributed by atoms with Crippen molar-refractivity contribution in [2.45, 2.75) is 45.3 Å². The zero-order valence-corrected chi connectivity index (χ0v) is 11.6. The van der Waals surface area contributed by atoms with Gasteiger partial charge in [0, 0.05) is 13.7 Å². The highest BCUT2D eigenvalue weighted by Crippen LogP contribution is 2.27. The minimum Gasteiger partial charge on any atom is -0.379 e. The number of ether oxygens (including phenoxy) is 2. The fourth-order valence-corrected chi connectivity index (χ4v) is 1.41. The van der Waals surface area contributed by atoms with Crippen LogP contribution in [0, 0.1) is 0 Å². The Hall–Kier alpha value is -0.980. The van der Waals surface area contributed by atoms with Crippen molar-refractivity contribution in [3.63, 3.8) is 0 Å². The van der Waals surface area contributed by atoms with Crippen LogP contribution in [0.2, 0.25) is 0 Å². The maximum absolute atomic E-state index is 5.92. The smallest absolute Gasteiger partial charge is 0.258 e. The van der Waals surface area contributed by atoms with Crippen LogP contribution in [0.25, 0.3) is 0 Å². The zero-order valence-electron chi connectivity index (χ0n) is 11.6. The Kier molecular flexibility index (Phi) is 5.71. The molecule has 2 unspecified atom stereocenters. The fraction of sp³-hybridized carbons (Fsp3) is 0.833. The maximum Gasteiger partial charge on any atom is 0.258 e. The highest BCUT2D eigenvalue weighted by atomic mass is 16.5. The molecule has 1 rings (SSSR count). The second-order valence-corrected chi connectivity index (χ2v) is 4.43. The first-order valence-corrected chi connectivity index (χ1v) is 6.30. The van der Waals surface area contributed by atoms with Crippen molar-refractivity contribution in [3.8, 4) is 0 Å². The van der Waals surface area contributed by atoms with Gasteiger partial charge >= 0.3 is 0 Å². The minimum absolute atomic E-state index is 0.369. The molecule has 0 aliphatic heterocycles. The van der Waals surface area contributed by atoms with Crippen LogP contribution in [0.15, 0.2) is 4.52 Å². The third-order valence-corrected chi connectivity index (χ3v) is 3.00. The molecule has 0 fully saturated rings. The van der Waals surface area contributed by atoms with Crippen molar-refractivity contribution < 1.29 is 14.0 Å². The van der Waals surface area contributed by atoms with E-state index in [0.717, 1.165) is 12.8 Å². The van der Waals surface area contributed by atoms with Gasteiger partial charge in [0.25, 0.3) is 5.89 Å². The van der Waals surface area contributed by atoms with E-state index in [0.29, 0.717) is 24.9 Å².